The molecule has 0 spiro atoms. The maximum atomic E-state index is 12.4. The minimum absolute atomic E-state index is 0.121. The Bertz CT molecular complexity index is 664. The summed E-state index contributed by atoms with van der Waals surface area (Å²) < 4.78 is 10.9. The molecule has 2 saturated heterocycles. The van der Waals surface area contributed by atoms with E-state index in [0.29, 0.717) is 37.0 Å². The highest BCUT2D eigenvalue weighted by molar-refractivity contribution is 6.31. The molecule has 0 saturated carbocycles. The fourth-order valence-corrected chi connectivity index (χ4v) is 3.55. The average molecular weight is 354 g/mol. The van der Waals surface area contributed by atoms with E-state index in [1.807, 2.05) is 6.92 Å². The number of carbonyl (C=O) groups is 2. The molecular weight excluding hydrogens is 334 g/mol. The number of benzene rings is 1. The number of nitrogens with zero attached hydrogens (tertiary/aromatic N) is 1. The zero-order valence-electron chi connectivity index (χ0n) is 13.5. The van der Waals surface area contributed by atoms with E-state index in [2.05, 4.69) is 0 Å². The number of carboxylic acids is 1. The van der Waals surface area contributed by atoms with Crippen molar-refractivity contribution < 1.29 is 24.2 Å². The monoisotopic (exact) mass is 353 g/mol. The summed E-state index contributed by atoms with van der Waals surface area (Å²) in [6.07, 6.45) is 0.439. The number of carboxylic acid groups (broad SMARTS) is 1. The zero-order chi connectivity index (χ0) is 17.3. The van der Waals surface area contributed by atoms with Gasteiger partial charge in [0.15, 0.2) is 6.61 Å². The first kappa shape index (κ1) is 17.0. The fourth-order valence-electron chi connectivity index (χ4n) is 3.43. The van der Waals surface area contributed by atoms with Gasteiger partial charge in [0, 0.05) is 30.6 Å². The first-order valence-corrected chi connectivity index (χ1v) is 8.28. The number of fused-ring (bicyclic) bond motifs is 1. The minimum atomic E-state index is -0.884. The molecular formula is C17H20ClNO5. The van der Waals surface area contributed by atoms with Crippen LogP contribution in [0.3, 0.4) is 0 Å². The van der Waals surface area contributed by atoms with Gasteiger partial charge >= 0.3 is 5.97 Å². The lowest BCUT2D eigenvalue weighted by molar-refractivity contribution is -0.157. The Kier molecular flexibility index (Phi) is 4.69. The van der Waals surface area contributed by atoms with Crippen LogP contribution in [0.25, 0.3) is 0 Å². The average Bonchev–Trinajstić information content (AvgIpc) is 2.97. The Morgan fingerprint density at radius 1 is 1.50 bits per heavy atom. The van der Waals surface area contributed by atoms with E-state index in [-0.39, 0.29) is 25.0 Å². The molecule has 1 N–H and O–H groups in total. The van der Waals surface area contributed by atoms with Crippen molar-refractivity contribution in [3.05, 3.63) is 28.8 Å². The molecule has 2 heterocycles. The summed E-state index contributed by atoms with van der Waals surface area (Å²) in [6, 6.07) is 5.20. The summed E-state index contributed by atoms with van der Waals surface area (Å²) in [7, 11) is 0. The molecule has 3 rings (SSSR count). The summed E-state index contributed by atoms with van der Waals surface area (Å²) in [4.78, 5) is 25.7. The Balaban J connectivity index is 1.63. The van der Waals surface area contributed by atoms with Crippen LogP contribution in [-0.4, -0.2) is 54.8 Å². The number of hydrogen-bond acceptors (Lipinski definition) is 4. The van der Waals surface area contributed by atoms with Gasteiger partial charge in [-0.1, -0.05) is 11.6 Å². The molecule has 0 bridgehead atoms. The SMILES string of the molecule is Cc1cc(OCC(=O)N2C[C@H]3COCC[C@@]3(C(=O)O)C2)ccc1Cl. The second kappa shape index (κ2) is 6.61. The highest BCUT2D eigenvalue weighted by Crippen LogP contribution is 2.42. The number of amides is 1. The van der Waals surface area contributed by atoms with Crippen LogP contribution in [0, 0.1) is 18.3 Å². The van der Waals surface area contributed by atoms with Crippen LogP contribution in [-0.2, 0) is 14.3 Å². The van der Waals surface area contributed by atoms with Crippen molar-refractivity contribution in [3.63, 3.8) is 0 Å². The molecule has 1 amide bonds. The second-order valence-corrected chi connectivity index (χ2v) is 6.86. The molecule has 0 radical (unpaired) electrons. The van der Waals surface area contributed by atoms with E-state index in [1.54, 1.807) is 23.1 Å². The van der Waals surface area contributed by atoms with Crippen molar-refractivity contribution in [2.45, 2.75) is 13.3 Å². The predicted molar refractivity (Wildman–Crippen MR) is 87.3 cm³/mol. The maximum absolute atomic E-state index is 12.4. The highest BCUT2D eigenvalue weighted by atomic mass is 35.5. The summed E-state index contributed by atoms with van der Waals surface area (Å²) in [5.74, 6) is -0.651. The minimum Gasteiger partial charge on any atom is -0.484 e. The van der Waals surface area contributed by atoms with Crippen LogP contribution in [0.5, 0.6) is 5.75 Å². The summed E-state index contributed by atoms with van der Waals surface area (Å²) in [5.41, 5.74) is -0.0131. The smallest absolute Gasteiger partial charge is 0.311 e. The van der Waals surface area contributed by atoms with Crippen molar-refractivity contribution in [2.75, 3.05) is 32.9 Å². The van der Waals surface area contributed by atoms with E-state index in [1.165, 1.54) is 0 Å². The number of hydrogen-bond donors (Lipinski definition) is 1. The lowest BCUT2D eigenvalue weighted by Gasteiger charge is -2.33. The van der Waals surface area contributed by atoms with Crippen LogP contribution in [0.2, 0.25) is 5.02 Å². The highest BCUT2D eigenvalue weighted by Gasteiger charge is 2.54. The molecule has 6 nitrogen and oxygen atoms in total. The van der Waals surface area contributed by atoms with E-state index >= 15 is 0 Å². The molecule has 24 heavy (non-hydrogen) atoms. The van der Waals surface area contributed by atoms with Crippen LogP contribution in [0.1, 0.15) is 12.0 Å². The van der Waals surface area contributed by atoms with Crippen molar-refractivity contribution in [3.8, 4) is 5.75 Å². The van der Waals surface area contributed by atoms with Gasteiger partial charge in [-0.3, -0.25) is 9.59 Å². The first-order valence-electron chi connectivity index (χ1n) is 7.90. The predicted octanol–water partition coefficient (Wildman–Crippen LogP) is 1.98. The van der Waals surface area contributed by atoms with Gasteiger partial charge in [0.25, 0.3) is 5.91 Å². The summed E-state index contributed by atoms with van der Waals surface area (Å²) in [6.45, 7) is 3.16. The number of rotatable bonds is 4. The van der Waals surface area contributed by atoms with Crippen LogP contribution < -0.4 is 4.74 Å². The van der Waals surface area contributed by atoms with Crippen molar-refractivity contribution >= 4 is 23.5 Å². The maximum Gasteiger partial charge on any atom is 0.311 e. The number of aryl methyl sites for hydroxylation is 1. The Morgan fingerprint density at radius 3 is 2.96 bits per heavy atom. The molecule has 2 aliphatic heterocycles. The van der Waals surface area contributed by atoms with Gasteiger partial charge < -0.3 is 19.5 Å². The molecule has 0 unspecified atom stereocenters. The molecule has 130 valence electrons. The van der Waals surface area contributed by atoms with Gasteiger partial charge in [-0.05, 0) is 37.1 Å². The lowest BCUT2D eigenvalue weighted by atomic mass is 9.74. The lowest BCUT2D eigenvalue weighted by Crippen LogP contribution is -2.45. The third kappa shape index (κ3) is 3.08. The molecule has 1 aromatic carbocycles. The first-order chi connectivity index (χ1) is 11.4. The molecule has 2 atom stereocenters. The van der Waals surface area contributed by atoms with Gasteiger partial charge in [-0.15, -0.1) is 0 Å². The number of halogens is 1. The van der Waals surface area contributed by atoms with E-state index in [0.717, 1.165) is 5.56 Å². The van der Waals surface area contributed by atoms with E-state index in [4.69, 9.17) is 21.1 Å². The fraction of sp³-hybridized carbons (Fsp3) is 0.529. The Morgan fingerprint density at radius 2 is 2.29 bits per heavy atom. The zero-order valence-corrected chi connectivity index (χ0v) is 14.2. The Labute approximate surface area is 145 Å². The molecule has 7 heteroatoms. The van der Waals surface area contributed by atoms with E-state index < -0.39 is 11.4 Å². The molecule has 2 aliphatic rings. The van der Waals surface area contributed by atoms with Crippen molar-refractivity contribution in [1.29, 1.82) is 0 Å². The van der Waals surface area contributed by atoms with Crippen LogP contribution in [0.4, 0.5) is 0 Å². The van der Waals surface area contributed by atoms with Gasteiger partial charge in [-0.2, -0.15) is 0 Å². The quantitative estimate of drug-likeness (QED) is 0.895. The van der Waals surface area contributed by atoms with Crippen LogP contribution >= 0.6 is 11.6 Å². The number of likely N-dealkylation sites (tertiary alicyclic amines) is 1. The van der Waals surface area contributed by atoms with Crippen molar-refractivity contribution in [2.24, 2.45) is 11.3 Å². The van der Waals surface area contributed by atoms with E-state index in [9.17, 15) is 14.7 Å². The van der Waals surface area contributed by atoms with Crippen molar-refractivity contribution in [1.82, 2.24) is 4.90 Å². The van der Waals surface area contributed by atoms with Gasteiger partial charge in [-0.25, -0.2) is 0 Å². The summed E-state index contributed by atoms with van der Waals surface area (Å²) in [5, 5.41) is 10.3. The van der Waals surface area contributed by atoms with Gasteiger partial charge in [0.2, 0.25) is 0 Å². The molecule has 0 aliphatic carbocycles. The number of carbonyl (C=O) groups excluding carboxylic acids is 1. The standard InChI is InChI=1S/C17H20ClNO5/c1-11-6-13(2-3-14(11)18)24-9-15(20)19-7-12-8-23-5-4-17(12,10-19)16(21)22/h2-3,6,12H,4-5,7-10H2,1H3,(H,21,22)/t12-,17+/m0/s1. The van der Waals surface area contributed by atoms with Gasteiger partial charge in [0.1, 0.15) is 5.75 Å². The molecule has 1 aromatic rings. The number of aliphatic carboxylic acids is 1. The normalized spacial score (nSPS) is 26.1. The molecule has 0 aromatic heterocycles. The third-order valence-corrected chi connectivity index (χ3v) is 5.40. The second-order valence-electron chi connectivity index (χ2n) is 6.46. The molecule has 2 fully saturated rings. The topological polar surface area (TPSA) is 76.1 Å². The number of ether oxygens (including phenoxy) is 2. The van der Waals surface area contributed by atoms with Gasteiger partial charge in [0.05, 0.1) is 12.0 Å². The Hall–Kier alpha value is -1.79. The third-order valence-electron chi connectivity index (χ3n) is 4.98. The van der Waals surface area contributed by atoms with Crippen LogP contribution in [0.15, 0.2) is 18.2 Å². The summed E-state index contributed by atoms with van der Waals surface area (Å²) >= 11 is 5.96. The largest absolute Gasteiger partial charge is 0.484 e.